The van der Waals surface area contributed by atoms with Crippen LogP contribution in [0.3, 0.4) is 0 Å². The van der Waals surface area contributed by atoms with Crippen LogP contribution >= 0.6 is 0 Å². The number of hydrogen-bond donors (Lipinski definition) is 1. The van der Waals surface area contributed by atoms with Gasteiger partial charge in [0.25, 0.3) is 6.01 Å². The Labute approximate surface area is 77.3 Å². The predicted octanol–water partition coefficient (Wildman–Crippen LogP) is 2.01. The van der Waals surface area contributed by atoms with Gasteiger partial charge in [-0.15, -0.1) is 0 Å². The molecule has 0 radical (unpaired) electrons. The summed E-state index contributed by atoms with van der Waals surface area (Å²) >= 11 is 0. The third kappa shape index (κ3) is 1.59. The Balaban J connectivity index is 2.40. The maximum Gasteiger partial charge on any atom is 0.387 e. The zero-order valence-electron chi connectivity index (χ0n) is 6.91. The van der Waals surface area contributed by atoms with E-state index in [-0.39, 0.29) is 11.8 Å². The standard InChI is InChI=1S/C8H6F2N2O2/c9-7(10)13-4-1-2-6-5(3-4)12-8(11)14-6/h1-3,7H,(H2,11,12). The molecule has 0 aliphatic rings. The highest BCUT2D eigenvalue weighted by molar-refractivity contribution is 5.75. The molecule has 6 heteroatoms. The lowest BCUT2D eigenvalue weighted by molar-refractivity contribution is -0.0497. The maximum atomic E-state index is 11.8. The molecule has 0 fully saturated rings. The molecule has 0 aliphatic heterocycles. The van der Waals surface area contributed by atoms with Crippen LogP contribution in [0, 0.1) is 0 Å². The van der Waals surface area contributed by atoms with E-state index in [0.717, 1.165) is 0 Å². The van der Waals surface area contributed by atoms with E-state index in [2.05, 4.69) is 9.72 Å². The highest BCUT2D eigenvalue weighted by Crippen LogP contribution is 2.23. The van der Waals surface area contributed by atoms with Gasteiger partial charge in [0.1, 0.15) is 11.3 Å². The Hall–Kier alpha value is -1.85. The van der Waals surface area contributed by atoms with Crippen molar-refractivity contribution in [3.05, 3.63) is 18.2 Å². The third-order valence-electron chi connectivity index (χ3n) is 1.60. The van der Waals surface area contributed by atoms with Gasteiger partial charge in [0.15, 0.2) is 5.58 Å². The van der Waals surface area contributed by atoms with Gasteiger partial charge in [-0.05, 0) is 12.1 Å². The zero-order chi connectivity index (χ0) is 10.1. The Morgan fingerprint density at radius 1 is 1.43 bits per heavy atom. The molecule has 1 heterocycles. The number of halogens is 2. The van der Waals surface area contributed by atoms with Crippen LogP contribution in [0.5, 0.6) is 5.75 Å². The molecular weight excluding hydrogens is 194 g/mol. The minimum atomic E-state index is -2.85. The smallest absolute Gasteiger partial charge is 0.387 e. The van der Waals surface area contributed by atoms with Gasteiger partial charge >= 0.3 is 6.61 Å². The summed E-state index contributed by atoms with van der Waals surface area (Å²) in [4.78, 5) is 3.77. The van der Waals surface area contributed by atoms with Crippen LogP contribution in [0.15, 0.2) is 22.6 Å². The molecule has 0 spiro atoms. The van der Waals surface area contributed by atoms with Gasteiger partial charge in [-0.1, -0.05) is 0 Å². The first-order chi connectivity index (χ1) is 6.65. The van der Waals surface area contributed by atoms with Crippen LogP contribution in [0.25, 0.3) is 11.1 Å². The molecule has 2 rings (SSSR count). The normalized spacial score (nSPS) is 11.1. The fourth-order valence-electron chi connectivity index (χ4n) is 1.10. The lowest BCUT2D eigenvalue weighted by atomic mass is 10.3. The van der Waals surface area contributed by atoms with Crippen LogP contribution in [-0.2, 0) is 0 Å². The van der Waals surface area contributed by atoms with Gasteiger partial charge in [0, 0.05) is 6.07 Å². The first kappa shape index (κ1) is 8.74. The van der Waals surface area contributed by atoms with Gasteiger partial charge in [0.05, 0.1) is 0 Å². The van der Waals surface area contributed by atoms with Crippen molar-refractivity contribution in [1.29, 1.82) is 0 Å². The lowest BCUT2D eigenvalue weighted by Crippen LogP contribution is -2.01. The number of nitrogens with two attached hydrogens (primary N) is 1. The number of benzene rings is 1. The van der Waals surface area contributed by atoms with E-state index in [4.69, 9.17) is 10.2 Å². The number of hydrogen-bond acceptors (Lipinski definition) is 4. The minimum Gasteiger partial charge on any atom is -0.435 e. The van der Waals surface area contributed by atoms with E-state index in [1.807, 2.05) is 0 Å². The molecule has 74 valence electrons. The molecule has 0 saturated heterocycles. The van der Waals surface area contributed by atoms with E-state index >= 15 is 0 Å². The lowest BCUT2D eigenvalue weighted by Gasteiger charge is -2.02. The zero-order valence-corrected chi connectivity index (χ0v) is 6.91. The molecular formula is C8H6F2N2O2. The quantitative estimate of drug-likeness (QED) is 0.805. The summed E-state index contributed by atoms with van der Waals surface area (Å²) in [6, 6.07) is 4.16. The third-order valence-corrected chi connectivity index (χ3v) is 1.60. The average Bonchev–Trinajstić information content (AvgIpc) is 2.42. The van der Waals surface area contributed by atoms with Crippen molar-refractivity contribution in [2.24, 2.45) is 0 Å². The number of alkyl halides is 2. The summed E-state index contributed by atoms with van der Waals surface area (Å²) in [5.74, 6) is 0.0285. The molecule has 0 atom stereocenters. The van der Waals surface area contributed by atoms with E-state index in [1.54, 1.807) is 0 Å². The number of ether oxygens (including phenoxy) is 1. The Morgan fingerprint density at radius 3 is 2.93 bits per heavy atom. The minimum absolute atomic E-state index is 0.00537. The number of fused-ring (bicyclic) bond motifs is 1. The predicted molar refractivity (Wildman–Crippen MR) is 45.1 cm³/mol. The Bertz CT molecular complexity index is 456. The summed E-state index contributed by atoms with van der Waals surface area (Å²) in [6.45, 7) is -2.85. The highest BCUT2D eigenvalue weighted by atomic mass is 19.3. The van der Waals surface area contributed by atoms with Gasteiger partial charge in [-0.2, -0.15) is 13.8 Å². The van der Waals surface area contributed by atoms with Crippen molar-refractivity contribution >= 4 is 17.1 Å². The second kappa shape index (κ2) is 3.13. The van der Waals surface area contributed by atoms with Gasteiger partial charge in [-0.3, -0.25) is 0 Å². The summed E-state index contributed by atoms with van der Waals surface area (Å²) in [5, 5.41) is 0. The van der Waals surface area contributed by atoms with Crippen molar-refractivity contribution < 1.29 is 17.9 Å². The largest absolute Gasteiger partial charge is 0.435 e. The molecule has 14 heavy (non-hydrogen) atoms. The first-order valence-corrected chi connectivity index (χ1v) is 3.76. The second-order valence-electron chi connectivity index (χ2n) is 2.56. The van der Waals surface area contributed by atoms with E-state index < -0.39 is 6.61 Å². The van der Waals surface area contributed by atoms with Crippen molar-refractivity contribution in [1.82, 2.24) is 4.98 Å². The van der Waals surface area contributed by atoms with Crippen molar-refractivity contribution in [3.63, 3.8) is 0 Å². The fourth-order valence-corrected chi connectivity index (χ4v) is 1.10. The van der Waals surface area contributed by atoms with E-state index in [1.165, 1.54) is 18.2 Å². The summed E-state index contributed by atoms with van der Waals surface area (Å²) < 4.78 is 32.8. The van der Waals surface area contributed by atoms with Crippen LogP contribution in [-0.4, -0.2) is 11.6 Å². The topological polar surface area (TPSA) is 61.3 Å². The Kier molecular flexibility index (Phi) is 1.95. The number of anilines is 1. The molecule has 0 unspecified atom stereocenters. The number of rotatable bonds is 2. The van der Waals surface area contributed by atoms with E-state index in [0.29, 0.717) is 11.1 Å². The Morgan fingerprint density at radius 2 is 2.21 bits per heavy atom. The fraction of sp³-hybridized carbons (Fsp3) is 0.125. The molecule has 0 saturated carbocycles. The molecule has 2 aromatic rings. The maximum absolute atomic E-state index is 11.8. The molecule has 0 aliphatic carbocycles. The monoisotopic (exact) mass is 200 g/mol. The molecule has 1 aromatic heterocycles. The highest BCUT2D eigenvalue weighted by Gasteiger charge is 2.07. The molecule has 0 amide bonds. The number of nitrogen functional groups attached to an aromatic ring is 1. The van der Waals surface area contributed by atoms with Gasteiger partial charge < -0.3 is 14.9 Å². The summed E-state index contributed by atoms with van der Waals surface area (Å²) in [6.07, 6.45) is 0. The van der Waals surface area contributed by atoms with Gasteiger partial charge in [0.2, 0.25) is 0 Å². The van der Waals surface area contributed by atoms with Crippen LogP contribution < -0.4 is 10.5 Å². The number of aromatic nitrogens is 1. The average molecular weight is 200 g/mol. The number of oxazole rings is 1. The summed E-state index contributed by atoms with van der Waals surface area (Å²) in [5.41, 5.74) is 6.10. The molecule has 1 aromatic carbocycles. The van der Waals surface area contributed by atoms with Crippen molar-refractivity contribution in [2.75, 3.05) is 5.73 Å². The van der Waals surface area contributed by atoms with Gasteiger partial charge in [-0.25, -0.2) is 0 Å². The summed E-state index contributed by atoms with van der Waals surface area (Å²) in [7, 11) is 0. The van der Waals surface area contributed by atoms with Crippen LogP contribution in [0.2, 0.25) is 0 Å². The second-order valence-corrected chi connectivity index (χ2v) is 2.56. The number of nitrogens with zero attached hydrogens (tertiary/aromatic N) is 1. The SMILES string of the molecule is Nc1nc2cc(OC(F)F)ccc2o1. The van der Waals surface area contributed by atoms with Crippen LogP contribution in [0.1, 0.15) is 0 Å². The van der Waals surface area contributed by atoms with Crippen molar-refractivity contribution in [3.8, 4) is 5.75 Å². The molecule has 2 N–H and O–H groups in total. The molecule has 0 bridgehead atoms. The van der Waals surface area contributed by atoms with Crippen molar-refractivity contribution in [2.45, 2.75) is 6.61 Å². The molecule has 4 nitrogen and oxygen atoms in total. The first-order valence-electron chi connectivity index (χ1n) is 3.76. The van der Waals surface area contributed by atoms with E-state index in [9.17, 15) is 8.78 Å². The van der Waals surface area contributed by atoms with Crippen LogP contribution in [0.4, 0.5) is 14.8 Å².